The van der Waals surface area contributed by atoms with Crippen LogP contribution in [0.2, 0.25) is 0 Å². The zero-order valence-corrected chi connectivity index (χ0v) is 10.8. The minimum absolute atomic E-state index is 0.169. The molecule has 0 aliphatic rings. The van der Waals surface area contributed by atoms with Gasteiger partial charge in [0.15, 0.2) is 5.76 Å². The molecule has 4 nitrogen and oxygen atoms in total. The van der Waals surface area contributed by atoms with Crippen molar-refractivity contribution in [3.8, 4) is 0 Å². The highest BCUT2D eigenvalue weighted by Crippen LogP contribution is 2.15. The van der Waals surface area contributed by atoms with Crippen molar-refractivity contribution in [1.29, 1.82) is 0 Å². The van der Waals surface area contributed by atoms with Gasteiger partial charge in [-0.3, -0.25) is 4.79 Å². The number of hydrogen-bond acceptors (Lipinski definition) is 3. The molecule has 1 aromatic heterocycles. The lowest BCUT2D eigenvalue weighted by Gasteiger charge is -2.06. The second-order valence-corrected chi connectivity index (χ2v) is 4.41. The summed E-state index contributed by atoms with van der Waals surface area (Å²) in [7, 11) is 0. The van der Waals surface area contributed by atoms with Gasteiger partial charge in [-0.05, 0) is 43.5 Å². The quantitative estimate of drug-likeness (QED) is 0.867. The van der Waals surface area contributed by atoms with Crippen molar-refractivity contribution in [3.63, 3.8) is 0 Å². The number of anilines is 1. The van der Waals surface area contributed by atoms with E-state index in [1.54, 1.807) is 6.07 Å². The highest BCUT2D eigenvalue weighted by molar-refractivity contribution is 6.03. The van der Waals surface area contributed by atoms with Crippen molar-refractivity contribution in [3.05, 3.63) is 53.5 Å². The van der Waals surface area contributed by atoms with Gasteiger partial charge in [-0.15, -0.1) is 0 Å². The molecule has 2 aromatic rings. The molecule has 0 aliphatic heterocycles. The van der Waals surface area contributed by atoms with Gasteiger partial charge < -0.3 is 14.8 Å². The summed E-state index contributed by atoms with van der Waals surface area (Å²) in [5.41, 5.74) is 2.63. The van der Waals surface area contributed by atoms with Gasteiger partial charge in [0.1, 0.15) is 0 Å². The highest BCUT2D eigenvalue weighted by atomic mass is 16.3. The van der Waals surface area contributed by atoms with Crippen LogP contribution in [-0.4, -0.2) is 17.6 Å². The predicted molar refractivity (Wildman–Crippen MR) is 73.2 cm³/mol. The molecule has 2 rings (SSSR count). The average Bonchev–Trinajstić information content (AvgIpc) is 2.83. The Balaban J connectivity index is 2.07. The fourth-order valence-electron chi connectivity index (χ4n) is 1.88. The van der Waals surface area contributed by atoms with E-state index in [2.05, 4.69) is 5.32 Å². The van der Waals surface area contributed by atoms with Gasteiger partial charge in [-0.2, -0.15) is 0 Å². The van der Waals surface area contributed by atoms with E-state index in [4.69, 9.17) is 9.52 Å². The number of aryl methyl sites for hydroxylation is 2. The van der Waals surface area contributed by atoms with Gasteiger partial charge in [0.25, 0.3) is 5.91 Å². The van der Waals surface area contributed by atoms with Gasteiger partial charge in [0.05, 0.1) is 6.26 Å². The Hall–Kier alpha value is -2.07. The Morgan fingerprint density at radius 1 is 1.37 bits per heavy atom. The first-order valence-corrected chi connectivity index (χ1v) is 6.26. The van der Waals surface area contributed by atoms with Crippen LogP contribution in [0, 0.1) is 6.92 Å². The Kier molecular flexibility index (Phi) is 4.36. The molecular weight excluding hydrogens is 242 g/mol. The lowest BCUT2D eigenvalue weighted by atomic mass is 10.1. The number of rotatable bonds is 5. The number of carbonyl (C=O) groups excluding carboxylic acids is 1. The zero-order chi connectivity index (χ0) is 13.7. The maximum absolute atomic E-state index is 12.0. The SMILES string of the molecule is Cc1ccoc1C(=O)Nc1cccc(CCCO)c1. The minimum Gasteiger partial charge on any atom is -0.459 e. The molecule has 0 atom stereocenters. The number of furan rings is 1. The summed E-state index contributed by atoms with van der Waals surface area (Å²) in [6, 6.07) is 9.36. The summed E-state index contributed by atoms with van der Waals surface area (Å²) in [6.07, 6.45) is 3.01. The zero-order valence-electron chi connectivity index (χ0n) is 10.8. The van der Waals surface area contributed by atoms with Crippen LogP contribution < -0.4 is 5.32 Å². The molecule has 0 spiro atoms. The first-order chi connectivity index (χ1) is 9.20. The van der Waals surface area contributed by atoms with Gasteiger partial charge in [-0.25, -0.2) is 0 Å². The molecule has 100 valence electrons. The molecule has 1 amide bonds. The van der Waals surface area contributed by atoms with Crippen LogP contribution in [-0.2, 0) is 6.42 Å². The van der Waals surface area contributed by atoms with Gasteiger partial charge in [-0.1, -0.05) is 12.1 Å². The van der Waals surface area contributed by atoms with E-state index in [-0.39, 0.29) is 12.5 Å². The second kappa shape index (κ2) is 6.20. The monoisotopic (exact) mass is 259 g/mol. The first-order valence-electron chi connectivity index (χ1n) is 6.26. The molecular formula is C15H17NO3. The third kappa shape index (κ3) is 3.45. The fourth-order valence-corrected chi connectivity index (χ4v) is 1.88. The van der Waals surface area contributed by atoms with E-state index >= 15 is 0 Å². The minimum atomic E-state index is -0.248. The Morgan fingerprint density at radius 3 is 2.89 bits per heavy atom. The van der Waals surface area contributed by atoms with Crippen LogP contribution in [0.3, 0.4) is 0 Å². The highest BCUT2D eigenvalue weighted by Gasteiger charge is 2.12. The molecule has 0 saturated heterocycles. The van der Waals surface area contributed by atoms with Crippen molar-refractivity contribution in [1.82, 2.24) is 0 Å². The molecule has 0 fully saturated rings. The third-order valence-electron chi connectivity index (χ3n) is 2.88. The second-order valence-electron chi connectivity index (χ2n) is 4.41. The lowest BCUT2D eigenvalue weighted by molar-refractivity contribution is 0.0996. The van der Waals surface area contributed by atoms with Crippen LogP contribution in [0.1, 0.15) is 28.1 Å². The van der Waals surface area contributed by atoms with E-state index in [0.29, 0.717) is 12.2 Å². The summed E-state index contributed by atoms with van der Waals surface area (Å²) in [5.74, 6) is 0.0857. The van der Waals surface area contributed by atoms with Gasteiger partial charge in [0.2, 0.25) is 0 Å². The molecule has 0 bridgehead atoms. The van der Waals surface area contributed by atoms with Crippen molar-refractivity contribution in [2.75, 3.05) is 11.9 Å². The van der Waals surface area contributed by atoms with Gasteiger partial charge in [0, 0.05) is 17.9 Å². The molecule has 1 aromatic carbocycles. The lowest BCUT2D eigenvalue weighted by Crippen LogP contribution is -2.12. The number of nitrogens with one attached hydrogen (secondary N) is 1. The Bertz CT molecular complexity index is 560. The molecule has 1 heterocycles. The summed E-state index contributed by atoms with van der Waals surface area (Å²) >= 11 is 0. The van der Waals surface area contributed by atoms with Crippen molar-refractivity contribution < 1.29 is 14.3 Å². The first kappa shape index (κ1) is 13.4. The predicted octanol–water partition coefficient (Wildman–Crippen LogP) is 2.77. The molecule has 0 saturated carbocycles. The number of benzene rings is 1. The maximum atomic E-state index is 12.0. The molecule has 0 aliphatic carbocycles. The van der Waals surface area contributed by atoms with Crippen LogP contribution in [0.25, 0.3) is 0 Å². The van der Waals surface area contributed by atoms with Crippen LogP contribution in [0.5, 0.6) is 0 Å². The number of hydrogen-bond donors (Lipinski definition) is 2. The molecule has 2 N–H and O–H groups in total. The average molecular weight is 259 g/mol. The van der Waals surface area contributed by atoms with E-state index in [9.17, 15) is 4.79 Å². The Labute approximate surface area is 112 Å². The molecule has 19 heavy (non-hydrogen) atoms. The Morgan fingerprint density at radius 2 is 2.21 bits per heavy atom. The summed E-state index contributed by atoms with van der Waals surface area (Å²) in [6.45, 7) is 2.00. The van der Waals surface area contributed by atoms with Crippen LogP contribution in [0.15, 0.2) is 41.0 Å². The summed E-state index contributed by atoms with van der Waals surface area (Å²) < 4.78 is 5.15. The van der Waals surface area contributed by atoms with Crippen LogP contribution in [0.4, 0.5) is 5.69 Å². The van der Waals surface area contributed by atoms with E-state index < -0.39 is 0 Å². The number of aliphatic hydroxyl groups is 1. The standard InChI is InChI=1S/C15H17NO3/c1-11-7-9-19-14(11)15(18)16-13-6-2-4-12(10-13)5-3-8-17/h2,4,6-7,9-10,17H,3,5,8H2,1H3,(H,16,18). The number of carbonyl (C=O) groups is 1. The topological polar surface area (TPSA) is 62.5 Å². The molecule has 0 unspecified atom stereocenters. The number of amides is 1. The van der Waals surface area contributed by atoms with Gasteiger partial charge >= 0.3 is 0 Å². The van der Waals surface area contributed by atoms with Crippen LogP contribution >= 0.6 is 0 Å². The molecule has 4 heteroatoms. The number of aliphatic hydroxyl groups excluding tert-OH is 1. The van der Waals surface area contributed by atoms with E-state index in [1.165, 1.54) is 6.26 Å². The van der Waals surface area contributed by atoms with Crippen molar-refractivity contribution >= 4 is 11.6 Å². The van der Waals surface area contributed by atoms with Crippen molar-refractivity contribution in [2.24, 2.45) is 0 Å². The smallest absolute Gasteiger partial charge is 0.291 e. The summed E-state index contributed by atoms with van der Waals surface area (Å²) in [4.78, 5) is 12.0. The normalized spacial score (nSPS) is 10.4. The summed E-state index contributed by atoms with van der Waals surface area (Å²) in [5, 5.41) is 11.6. The largest absolute Gasteiger partial charge is 0.459 e. The third-order valence-corrected chi connectivity index (χ3v) is 2.88. The van der Waals surface area contributed by atoms with E-state index in [0.717, 1.165) is 23.2 Å². The maximum Gasteiger partial charge on any atom is 0.291 e. The van der Waals surface area contributed by atoms with Crippen molar-refractivity contribution in [2.45, 2.75) is 19.8 Å². The van der Waals surface area contributed by atoms with E-state index in [1.807, 2.05) is 31.2 Å². The molecule has 0 radical (unpaired) electrons. The fraction of sp³-hybridized carbons (Fsp3) is 0.267.